The van der Waals surface area contributed by atoms with Crippen LogP contribution in [0, 0.1) is 0 Å². The first-order valence-corrected chi connectivity index (χ1v) is 13.1. The number of rotatable bonds is 6. The van der Waals surface area contributed by atoms with Crippen LogP contribution in [0.5, 0.6) is 0 Å². The summed E-state index contributed by atoms with van der Waals surface area (Å²) in [5.74, 6) is -1.10. The molecule has 1 aliphatic rings. The van der Waals surface area contributed by atoms with Crippen LogP contribution in [0.1, 0.15) is 48.2 Å². The molecule has 0 radical (unpaired) electrons. The van der Waals surface area contributed by atoms with Crippen molar-refractivity contribution in [3.63, 3.8) is 0 Å². The normalized spacial score (nSPS) is 14.2. The Kier molecular flexibility index (Phi) is 7.42. The predicted octanol–water partition coefficient (Wildman–Crippen LogP) is 7.76. The van der Waals surface area contributed by atoms with Crippen LogP contribution in [0.4, 0.5) is 35.0 Å². The number of benzene rings is 3. The molecule has 0 spiro atoms. The zero-order chi connectivity index (χ0) is 28.4. The van der Waals surface area contributed by atoms with Crippen LogP contribution in [0.15, 0.2) is 72.8 Å². The summed E-state index contributed by atoms with van der Waals surface area (Å²) in [5.41, 5.74) is 1.53. The van der Waals surface area contributed by atoms with Crippen LogP contribution in [-0.2, 0) is 6.18 Å². The molecule has 0 saturated heterocycles. The van der Waals surface area contributed by atoms with E-state index in [1.807, 2.05) is 43.4 Å². The number of hydrogen-bond acceptors (Lipinski definition) is 3. The summed E-state index contributed by atoms with van der Waals surface area (Å²) in [6.45, 7) is 0. The van der Waals surface area contributed by atoms with E-state index in [0.717, 1.165) is 48.9 Å². The van der Waals surface area contributed by atoms with Gasteiger partial charge in [0.05, 0.1) is 22.5 Å². The van der Waals surface area contributed by atoms with Gasteiger partial charge in [0.2, 0.25) is 0 Å². The van der Waals surface area contributed by atoms with E-state index >= 15 is 0 Å². The zero-order valence-electron chi connectivity index (χ0n) is 21.8. The molecule has 5 rings (SSSR count). The van der Waals surface area contributed by atoms with E-state index in [1.165, 1.54) is 18.6 Å². The smallest absolute Gasteiger partial charge is 0.416 e. The molecular formula is C30H29F3N4O3. The van der Waals surface area contributed by atoms with Gasteiger partial charge < -0.3 is 25.2 Å². The topological polar surface area (TPSA) is 86.6 Å². The van der Waals surface area contributed by atoms with E-state index in [4.69, 9.17) is 0 Å². The molecule has 1 heterocycles. The molecule has 7 nitrogen and oxygen atoms in total. The predicted molar refractivity (Wildman–Crippen MR) is 150 cm³/mol. The fraction of sp³-hybridized carbons (Fsp3) is 0.267. The second kappa shape index (κ2) is 11.0. The number of alkyl halides is 3. The lowest BCUT2D eigenvalue weighted by molar-refractivity contribution is -0.137. The number of fused-ring (bicyclic) bond motifs is 1. The summed E-state index contributed by atoms with van der Waals surface area (Å²) >= 11 is 0. The van der Waals surface area contributed by atoms with Crippen molar-refractivity contribution in [2.24, 2.45) is 0 Å². The van der Waals surface area contributed by atoms with Crippen LogP contribution in [-0.4, -0.2) is 34.8 Å². The number of urea groups is 1. The van der Waals surface area contributed by atoms with Gasteiger partial charge in [-0.05, 0) is 61.4 Å². The monoisotopic (exact) mass is 550 g/mol. The molecule has 0 unspecified atom stereocenters. The van der Waals surface area contributed by atoms with Gasteiger partial charge in [-0.25, -0.2) is 9.59 Å². The molecule has 1 aliphatic carbocycles. The van der Waals surface area contributed by atoms with E-state index in [-0.39, 0.29) is 17.4 Å². The zero-order valence-corrected chi connectivity index (χ0v) is 21.8. The lowest BCUT2D eigenvalue weighted by Gasteiger charge is -2.34. The SMILES string of the molecule is CN(c1ccc(-n2c(C(=O)O)cc3ccccc32)cc1NC(=O)Nc1cccc(C(F)(F)F)c1)C1CCCCC1. The maximum Gasteiger partial charge on any atom is 0.416 e. The van der Waals surface area contributed by atoms with Crippen molar-refractivity contribution in [3.05, 3.63) is 84.1 Å². The third-order valence-electron chi connectivity index (χ3n) is 7.37. The largest absolute Gasteiger partial charge is 0.477 e. The van der Waals surface area contributed by atoms with E-state index in [0.29, 0.717) is 16.9 Å². The molecule has 0 aliphatic heterocycles. The van der Waals surface area contributed by atoms with Gasteiger partial charge in [0, 0.05) is 29.9 Å². The molecule has 3 N–H and O–H groups in total. The van der Waals surface area contributed by atoms with Crippen molar-refractivity contribution in [1.82, 2.24) is 4.57 Å². The minimum absolute atomic E-state index is 0.00442. The first kappa shape index (κ1) is 27.1. The fourth-order valence-corrected chi connectivity index (χ4v) is 5.38. The lowest BCUT2D eigenvalue weighted by Crippen LogP contribution is -2.34. The number of nitrogens with zero attached hydrogens (tertiary/aromatic N) is 2. The van der Waals surface area contributed by atoms with Gasteiger partial charge in [-0.1, -0.05) is 43.5 Å². The Morgan fingerprint density at radius 3 is 2.40 bits per heavy atom. The number of aromatic nitrogens is 1. The Labute approximate surface area is 229 Å². The minimum Gasteiger partial charge on any atom is -0.477 e. The first-order chi connectivity index (χ1) is 19.1. The number of carbonyl (C=O) groups excluding carboxylic acids is 1. The first-order valence-electron chi connectivity index (χ1n) is 13.1. The van der Waals surface area contributed by atoms with Crippen LogP contribution in [0.3, 0.4) is 0 Å². The lowest BCUT2D eigenvalue weighted by atomic mass is 9.94. The highest BCUT2D eigenvalue weighted by molar-refractivity contribution is 6.02. The summed E-state index contributed by atoms with van der Waals surface area (Å²) < 4.78 is 41.1. The molecule has 1 saturated carbocycles. The second-order valence-corrected chi connectivity index (χ2v) is 9.99. The van der Waals surface area contributed by atoms with Crippen molar-refractivity contribution < 1.29 is 27.9 Å². The van der Waals surface area contributed by atoms with Gasteiger partial charge in [0.25, 0.3) is 0 Å². The Morgan fingerprint density at radius 2 is 1.68 bits per heavy atom. The second-order valence-electron chi connectivity index (χ2n) is 9.99. The maximum atomic E-state index is 13.2. The summed E-state index contributed by atoms with van der Waals surface area (Å²) in [4.78, 5) is 27.3. The Balaban J connectivity index is 1.53. The van der Waals surface area contributed by atoms with Crippen LogP contribution in [0.25, 0.3) is 16.6 Å². The number of carboxylic acids is 1. The minimum atomic E-state index is -4.54. The van der Waals surface area contributed by atoms with Gasteiger partial charge >= 0.3 is 18.2 Å². The number of carbonyl (C=O) groups is 2. The number of carboxylic acid groups (broad SMARTS) is 1. The van der Waals surface area contributed by atoms with Crippen LogP contribution in [0.2, 0.25) is 0 Å². The molecule has 40 heavy (non-hydrogen) atoms. The van der Waals surface area contributed by atoms with Crippen LogP contribution < -0.4 is 15.5 Å². The summed E-state index contributed by atoms with van der Waals surface area (Å²) in [5, 5.41) is 16.0. The molecule has 3 aromatic carbocycles. The summed E-state index contributed by atoms with van der Waals surface area (Å²) in [6, 6.07) is 18.2. The Bertz CT molecular complexity index is 1560. The van der Waals surface area contributed by atoms with Crippen molar-refractivity contribution in [3.8, 4) is 5.69 Å². The molecule has 4 aromatic rings. The molecular weight excluding hydrogens is 521 g/mol. The number of halogens is 3. The van der Waals surface area contributed by atoms with Crippen LogP contribution >= 0.6 is 0 Å². The van der Waals surface area contributed by atoms with Gasteiger partial charge in [-0.15, -0.1) is 0 Å². The van der Waals surface area contributed by atoms with E-state index in [1.54, 1.807) is 16.7 Å². The third kappa shape index (κ3) is 5.61. The van der Waals surface area contributed by atoms with Gasteiger partial charge in [-0.3, -0.25) is 0 Å². The number of nitrogens with one attached hydrogen (secondary N) is 2. The summed E-state index contributed by atoms with van der Waals surface area (Å²) in [6.07, 6.45) is 0.831. The molecule has 208 valence electrons. The average Bonchev–Trinajstić information content (AvgIpc) is 3.33. The van der Waals surface area contributed by atoms with E-state index < -0.39 is 23.7 Å². The molecule has 1 aromatic heterocycles. The average molecular weight is 551 g/mol. The van der Waals surface area contributed by atoms with Crippen molar-refractivity contribution >= 4 is 40.0 Å². The number of aromatic carboxylic acids is 1. The highest BCUT2D eigenvalue weighted by atomic mass is 19.4. The molecule has 2 amide bonds. The van der Waals surface area contributed by atoms with Crippen molar-refractivity contribution in [2.45, 2.75) is 44.3 Å². The molecule has 0 bridgehead atoms. The van der Waals surface area contributed by atoms with Gasteiger partial charge in [0.1, 0.15) is 5.69 Å². The van der Waals surface area contributed by atoms with Crippen molar-refractivity contribution in [2.75, 3.05) is 22.6 Å². The Hall–Kier alpha value is -4.47. The molecule has 1 fully saturated rings. The molecule has 0 atom stereocenters. The molecule has 10 heteroatoms. The number of anilines is 3. The highest BCUT2D eigenvalue weighted by Crippen LogP contribution is 2.35. The Morgan fingerprint density at radius 1 is 0.925 bits per heavy atom. The van der Waals surface area contributed by atoms with E-state index in [9.17, 15) is 27.9 Å². The van der Waals surface area contributed by atoms with Gasteiger partial charge in [0.15, 0.2) is 0 Å². The van der Waals surface area contributed by atoms with Gasteiger partial charge in [-0.2, -0.15) is 13.2 Å². The standard InChI is InChI=1S/C30H29F3N4O3/c1-36(22-11-3-2-4-12-22)26-15-14-23(37-25-13-6-5-8-19(25)16-27(37)28(38)39)18-24(26)35-29(40)34-21-10-7-9-20(17-21)30(31,32)33/h5-10,13-18,22H,2-4,11-12H2,1H3,(H,38,39)(H2,34,35,40). The van der Waals surface area contributed by atoms with E-state index in [2.05, 4.69) is 15.5 Å². The number of amides is 2. The highest BCUT2D eigenvalue weighted by Gasteiger charge is 2.30. The quantitative estimate of drug-likeness (QED) is 0.229. The fourth-order valence-electron chi connectivity index (χ4n) is 5.38. The number of para-hydroxylation sites is 1. The third-order valence-corrected chi connectivity index (χ3v) is 7.37. The number of hydrogen-bond donors (Lipinski definition) is 3. The summed E-state index contributed by atoms with van der Waals surface area (Å²) in [7, 11) is 1.95. The maximum absolute atomic E-state index is 13.2. The van der Waals surface area contributed by atoms with Crippen molar-refractivity contribution in [1.29, 1.82) is 0 Å².